The molecule has 1 aliphatic heterocycles. The Balaban J connectivity index is 1.80. The van der Waals surface area contributed by atoms with Gasteiger partial charge >= 0.3 is 6.36 Å². The number of morpholine rings is 1. The molecule has 0 bridgehead atoms. The molecule has 1 heterocycles. The van der Waals surface area contributed by atoms with Crippen molar-refractivity contribution >= 4 is 10.0 Å². The van der Waals surface area contributed by atoms with Crippen LogP contribution in [0.15, 0.2) is 53.4 Å². The van der Waals surface area contributed by atoms with Crippen LogP contribution < -0.4 is 9.46 Å². The molecule has 0 spiro atoms. The SMILES string of the molecule is Cc1ccc(C(CN2CCOCC2)NS(=O)(=O)c2ccc(OC(F)(F)F)cc2)cc1. The number of benzene rings is 2. The molecule has 2 aromatic rings. The fourth-order valence-corrected chi connectivity index (χ4v) is 4.34. The molecular formula is C20H23F3N2O4S. The summed E-state index contributed by atoms with van der Waals surface area (Å²) in [5.74, 6) is -0.482. The van der Waals surface area contributed by atoms with E-state index in [2.05, 4.69) is 14.4 Å². The molecule has 1 atom stereocenters. The van der Waals surface area contributed by atoms with Crippen molar-refractivity contribution in [2.24, 2.45) is 0 Å². The van der Waals surface area contributed by atoms with E-state index in [0.29, 0.717) is 32.8 Å². The fourth-order valence-electron chi connectivity index (χ4n) is 3.13. The number of nitrogens with one attached hydrogen (secondary N) is 1. The highest BCUT2D eigenvalue weighted by Gasteiger charge is 2.31. The second-order valence-electron chi connectivity index (χ2n) is 7.02. The Bertz CT molecular complexity index is 926. The number of hydrogen-bond acceptors (Lipinski definition) is 5. The Morgan fingerprint density at radius 2 is 1.67 bits per heavy atom. The van der Waals surface area contributed by atoms with Crippen LogP contribution in [0, 0.1) is 6.92 Å². The molecule has 0 saturated carbocycles. The van der Waals surface area contributed by atoms with Crippen molar-refractivity contribution in [1.29, 1.82) is 0 Å². The summed E-state index contributed by atoms with van der Waals surface area (Å²) in [6.45, 7) is 4.92. The largest absolute Gasteiger partial charge is 0.573 e. The Morgan fingerprint density at radius 3 is 2.23 bits per heavy atom. The first-order chi connectivity index (χ1) is 14.1. The summed E-state index contributed by atoms with van der Waals surface area (Å²) in [7, 11) is -3.97. The minimum atomic E-state index is -4.84. The molecule has 0 amide bonds. The van der Waals surface area contributed by atoms with E-state index in [9.17, 15) is 21.6 Å². The lowest BCUT2D eigenvalue weighted by Crippen LogP contribution is -2.43. The second kappa shape index (κ2) is 9.34. The van der Waals surface area contributed by atoms with Gasteiger partial charge in [-0.05, 0) is 36.8 Å². The van der Waals surface area contributed by atoms with Crippen LogP contribution in [0.1, 0.15) is 17.2 Å². The van der Waals surface area contributed by atoms with Crippen LogP contribution in [0.25, 0.3) is 0 Å². The highest BCUT2D eigenvalue weighted by molar-refractivity contribution is 7.89. The molecule has 0 radical (unpaired) electrons. The maximum atomic E-state index is 12.9. The van der Waals surface area contributed by atoms with Crippen LogP contribution in [0.5, 0.6) is 5.75 Å². The monoisotopic (exact) mass is 444 g/mol. The van der Waals surface area contributed by atoms with Crippen molar-refractivity contribution in [3.05, 3.63) is 59.7 Å². The summed E-state index contributed by atoms with van der Waals surface area (Å²) < 4.78 is 74.6. The zero-order valence-electron chi connectivity index (χ0n) is 16.4. The summed E-state index contributed by atoms with van der Waals surface area (Å²) >= 11 is 0. The van der Waals surface area contributed by atoms with Gasteiger partial charge in [-0.1, -0.05) is 29.8 Å². The number of rotatable bonds is 7. The van der Waals surface area contributed by atoms with E-state index in [-0.39, 0.29) is 4.90 Å². The molecule has 164 valence electrons. The van der Waals surface area contributed by atoms with Crippen molar-refractivity contribution in [3.63, 3.8) is 0 Å². The van der Waals surface area contributed by atoms with Gasteiger partial charge in [0.05, 0.1) is 24.2 Å². The molecule has 30 heavy (non-hydrogen) atoms. The molecule has 10 heteroatoms. The predicted molar refractivity (Wildman–Crippen MR) is 105 cm³/mol. The summed E-state index contributed by atoms with van der Waals surface area (Å²) in [6.07, 6.45) is -4.84. The predicted octanol–water partition coefficient (Wildman–Crippen LogP) is 3.25. The van der Waals surface area contributed by atoms with Crippen LogP contribution in [0.2, 0.25) is 0 Å². The van der Waals surface area contributed by atoms with Gasteiger partial charge in [0.25, 0.3) is 0 Å². The number of aryl methyl sites for hydroxylation is 1. The molecule has 1 aliphatic rings. The first-order valence-corrected chi connectivity index (χ1v) is 10.9. The normalized spacial score (nSPS) is 16.9. The first kappa shape index (κ1) is 22.5. The summed E-state index contributed by atoms with van der Waals surface area (Å²) in [4.78, 5) is 1.97. The number of hydrogen-bond donors (Lipinski definition) is 1. The van der Waals surface area contributed by atoms with E-state index in [1.54, 1.807) is 0 Å². The quantitative estimate of drug-likeness (QED) is 0.710. The van der Waals surface area contributed by atoms with E-state index in [4.69, 9.17) is 4.74 Å². The third-order valence-electron chi connectivity index (χ3n) is 4.69. The lowest BCUT2D eigenvalue weighted by atomic mass is 10.1. The second-order valence-corrected chi connectivity index (χ2v) is 8.73. The van der Waals surface area contributed by atoms with Gasteiger partial charge in [-0.15, -0.1) is 13.2 Å². The summed E-state index contributed by atoms with van der Waals surface area (Å²) in [5.41, 5.74) is 1.85. The van der Waals surface area contributed by atoms with Gasteiger partial charge in [-0.25, -0.2) is 13.1 Å². The van der Waals surface area contributed by atoms with Crippen LogP contribution in [0.4, 0.5) is 13.2 Å². The van der Waals surface area contributed by atoms with Crippen LogP contribution in [-0.4, -0.2) is 52.5 Å². The minimum Gasteiger partial charge on any atom is -0.406 e. The Labute approximate surface area is 173 Å². The minimum absolute atomic E-state index is 0.142. The van der Waals surface area contributed by atoms with Crippen molar-refractivity contribution in [3.8, 4) is 5.75 Å². The third-order valence-corrected chi connectivity index (χ3v) is 6.18. The zero-order valence-corrected chi connectivity index (χ0v) is 17.2. The van der Waals surface area contributed by atoms with Gasteiger partial charge in [0.15, 0.2) is 0 Å². The highest BCUT2D eigenvalue weighted by atomic mass is 32.2. The highest BCUT2D eigenvalue weighted by Crippen LogP contribution is 2.25. The van der Waals surface area contributed by atoms with Crippen molar-refractivity contribution < 1.29 is 31.1 Å². The maximum absolute atomic E-state index is 12.9. The van der Waals surface area contributed by atoms with Crippen LogP contribution in [0.3, 0.4) is 0 Å². The molecular weight excluding hydrogens is 421 g/mol. The molecule has 0 aliphatic carbocycles. The molecule has 1 fully saturated rings. The van der Waals surface area contributed by atoms with E-state index < -0.39 is 28.2 Å². The molecule has 1 unspecified atom stereocenters. The van der Waals surface area contributed by atoms with Gasteiger partial charge in [0.2, 0.25) is 10.0 Å². The van der Waals surface area contributed by atoms with E-state index in [1.165, 1.54) is 0 Å². The standard InChI is InChI=1S/C20H23F3N2O4S/c1-15-2-4-16(5-3-15)19(14-25-10-12-28-13-11-25)24-30(26,27)18-8-6-17(7-9-18)29-20(21,22)23/h2-9,19,24H,10-14H2,1H3. The van der Waals surface area contributed by atoms with Gasteiger partial charge in [0, 0.05) is 19.6 Å². The number of alkyl halides is 3. The van der Waals surface area contributed by atoms with E-state index >= 15 is 0 Å². The molecule has 3 rings (SSSR count). The molecule has 2 aromatic carbocycles. The van der Waals surface area contributed by atoms with Gasteiger partial charge in [-0.3, -0.25) is 4.90 Å². The Morgan fingerprint density at radius 1 is 1.07 bits per heavy atom. The Kier molecular flexibility index (Phi) is 7.02. The van der Waals surface area contributed by atoms with Crippen molar-refractivity contribution in [2.45, 2.75) is 24.2 Å². The van der Waals surface area contributed by atoms with Gasteiger partial charge < -0.3 is 9.47 Å². The van der Waals surface area contributed by atoms with Gasteiger partial charge in [0.1, 0.15) is 5.75 Å². The average Bonchev–Trinajstić information content (AvgIpc) is 2.68. The first-order valence-electron chi connectivity index (χ1n) is 9.37. The van der Waals surface area contributed by atoms with Crippen LogP contribution >= 0.6 is 0 Å². The van der Waals surface area contributed by atoms with Gasteiger partial charge in [-0.2, -0.15) is 0 Å². The number of ether oxygens (including phenoxy) is 2. The van der Waals surface area contributed by atoms with Crippen molar-refractivity contribution in [2.75, 3.05) is 32.8 Å². The summed E-state index contributed by atoms with van der Waals surface area (Å²) in [6, 6.07) is 11.1. The Hall–Kier alpha value is -2.14. The molecule has 0 aromatic heterocycles. The number of nitrogens with zero attached hydrogens (tertiary/aromatic N) is 1. The smallest absolute Gasteiger partial charge is 0.406 e. The van der Waals surface area contributed by atoms with E-state index in [1.807, 2.05) is 31.2 Å². The fraction of sp³-hybridized carbons (Fsp3) is 0.400. The average molecular weight is 444 g/mol. The topological polar surface area (TPSA) is 67.9 Å². The lowest BCUT2D eigenvalue weighted by Gasteiger charge is -2.31. The van der Waals surface area contributed by atoms with Crippen molar-refractivity contribution in [1.82, 2.24) is 9.62 Å². The van der Waals surface area contributed by atoms with Crippen LogP contribution in [-0.2, 0) is 14.8 Å². The number of halogens is 3. The number of sulfonamides is 1. The maximum Gasteiger partial charge on any atom is 0.573 e. The zero-order chi connectivity index (χ0) is 21.8. The van der Waals surface area contributed by atoms with E-state index in [0.717, 1.165) is 35.4 Å². The molecule has 1 N–H and O–H groups in total. The summed E-state index contributed by atoms with van der Waals surface area (Å²) in [5, 5.41) is 0. The molecule has 6 nitrogen and oxygen atoms in total. The lowest BCUT2D eigenvalue weighted by molar-refractivity contribution is -0.274. The molecule has 1 saturated heterocycles. The third kappa shape index (κ3) is 6.43.